The Morgan fingerprint density at radius 3 is 2.58 bits per heavy atom. The lowest BCUT2D eigenvalue weighted by Gasteiger charge is -2.07. The minimum Gasteiger partial charge on any atom is -0.258 e. The number of pyridine rings is 1. The zero-order valence-corrected chi connectivity index (χ0v) is 13.4. The maximum atomic E-state index is 11.2. The van der Waals surface area contributed by atoms with E-state index in [9.17, 15) is 10.1 Å². The molecule has 1 heterocycles. The van der Waals surface area contributed by atoms with E-state index in [0.717, 1.165) is 9.79 Å². The third-order valence-electron chi connectivity index (χ3n) is 3.86. The molecule has 0 saturated carbocycles. The molecule has 0 bridgehead atoms. The second kappa shape index (κ2) is 5.94. The van der Waals surface area contributed by atoms with Crippen molar-refractivity contribution in [3.8, 4) is 0 Å². The van der Waals surface area contributed by atoms with Gasteiger partial charge < -0.3 is 0 Å². The molecule has 116 valence electrons. The molecule has 0 fully saturated rings. The summed E-state index contributed by atoms with van der Waals surface area (Å²) in [6.07, 6.45) is 1.66. The highest BCUT2D eigenvalue weighted by atomic mass is 32.2. The van der Waals surface area contributed by atoms with Crippen molar-refractivity contribution in [3.63, 3.8) is 0 Å². The molecule has 5 heteroatoms. The number of benzene rings is 3. The zero-order valence-electron chi connectivity index (χ0n) is 12.5. The molecule has 0 spiro atoms. The molecule has 0 N–H and O–H groups in total. The number of aromatic nitrogens is 1. The molecule has 0 amide bonds. The Hall–Kier alpha value is -2.92. The van der Waals surface area contributed by atoms with Crippen LogP contribution in [-0.2, 0) is 0 Å². The van der Waals surface area contributed by atoms with E-state index in [2.05, 4.69) is 35.3 Å². The van der Waals surface area contributed by atoms with Crippen molar-refractivity contribution >= 4 is 39.1 Å². The van der Waals surface area contributed by atoms with Gasteiger partial charge in [-0.3, -0.25) is 15.1 Å². The van der Waals surface area contributed by atoms with Gasteiger partial charge in [-0.25, -0.2) is 0 Å². The van der Waals surface area contributed by atoms with E-state index in [1.807, 2.05) is 12.1 Å². The van der Waals surface area contributed by atoms with Crippen LogP contribution in [0.25, 0.3) is 21.7 Å². The Balaban J connectivity index is 1.81. The first-order valence-corrected chi connectivity index (χ1v) is 8.23. The molecule has 0 atom stereocenters. The lowest BCUT2D eigenvalue weighted by atomic mass is 10.1. The van der Waals surface area contributed by atoms with E-state index in [4.69, 9.17) is 0 Å². The standard InChI is InChI=1S/C19H12N2O2S/c22-21(23)17-9-10-18(19-16(17)6-3-11-20-19)24-15-8-7-13-4-1-2-5-14(13)12-15/h1-12H. The molecule has 4 aromatic rings. The van der Waals surface area contributed by atoms with Crippen LogP contribution in [0.3, 0.4) is 0 Å². The predicted octanol–water partition coefficient (Wildman–Crippen LogP) is 5.45. The summed E-state index contributed by atoms with van der Waals surface area (Å²) in [6.45, 7) is 0. The average Bonchev–Trinajstić information content (AvgIpc) is 2.61. The summed E-state index contributed by atoms with van der Waals surface area (Å²) in [6, 6.07) is 21.2. The summed E-state index contributed by atoms with van der Waals surface area (Å²) < 4.78 is 0. The fraction of sp³-hybridized carbons (Fsp3) is 0. The van der Waals surface area contributed by atoms with Gasteiger partial charge in [-0.15, -0.1) is 0 Å². The number of nitro groups is 1. The number of rotatable bonds is 3. The van der Waals surface area contributed by atoms with Gasteiger partial charge in [0.1, 0.15) is 0 Å². The number of hydrogen-bond donors (Lipinski definition) is 0. The van der Waals surface area contributed by atoms with Crippen molar-refractivity contribution in [2.45, 2.75) is 9.79 Å². The van der Waals surface area contributed by atoms with Gasteiger partial charge in [0, 0.05) is 22.1 Å². The molecule has 0 radical (unpaired) electrons. The van der Waals surface area contributed by atoms with Gasteiger partial charge in [0.25, 0.3) is 5.69 Å². The largest absolute Gasteiger partial charge is 0.278 e. The highest BCUT2D eigenvalue weighted by Crippen LogP contribution is 2.37. The van der Waals surface area contributed by atoms with Crippen LogP contribution in [0.5, 0.6) is 0 Å². The number of nitro benzene ring substituents is 1. The highest BCUT2D eigenvalue weighted by molar-refractivity contribution is 7.99. The van der Waals surface area contributed by atoms with Crippen molar-refractivity contribution in [2.75, 3.05) is 0 Å². The van der Waals surface area contributed by atoms with Crippen molar-refractivity contribution in [3.05, 3.63) is 83.0 Å². The first-order valence-electron chi connectivity index (χ1n) is 7.41. The van der Waals surface area contributed by atoms with Crippen LogP contribution >= 0.6 is 11.8 Å². The lowest BCUT2D eigenvalue weighted by Crippen LogP contribution is -1.91. The van der Waals surface area contributed by atoms with Crippen LogP contribution < -0.4 is 0 Å². The number of non-ortho nitro benzene ring substituents is 1. The van der Waals surface area contributed by atoms with Crippen molar-refractivity contribution < 1.29 is 4.92 Å². The smallest absolute Gasteiger partial charge is 0.258 e. The third-order valence-corrected chi connectivity index (χ3v) is 4.89. The Morgan fingerprint density at radius 1 is 0.917 bits per heavy atom. The molecule has 4 rings (SSSR count). The van der Waals surface area contributed by atoms with E-state index < -0.39 is 0 Å². The number of fused-ring (bicyclic) bond motifs is 2. The Labute approximate surface area is 142 Å². The van der Waals surface area contributed by atoms with Crippen LogP contribution in [0.2, 0.25) is 0 Å². The summed E-state index contributed by atoms with van der Waals surface area (Å²) in [5.74, 6) is 0. The first-order chi connectivity index (χ1) is 11.7. The third kappa shape index (κ3) is 2.59. The van der Waals surface area contributed by atoms with Crippen LogP contribution in [-0.4, -0.2) is 9.91 Å². The molecular formula is C19H12N2O2S. The molecule has 1 aromatic heterocycles. The minimum absolute atomic E-state index is 0.0842. The molecule has 0 aliphatic carbocycles. The maximum Gasteiger partial charge on any atom is 0.278 e. The maximum absolute atomic E-state index is 11.2. The van der Waals surface area contributed by atoms with Crippen LogP contribution in [0, 0.1) is 10.1 Å². The van der Waals surface area contributed by atoms with E-state index >= 15 is 0 Å². The monoisotopic (exact) mass is 332 g/mol. The molecule has 24 heavy (non-hydrogen) atoms. The summed E-state index contributed by atoms with van der Waals surface area (Å²) in [7, 11) is 0. The highest BCUT2D eigenvalue weighted by Gasteiger charge is 2.15. The number of nitrogens with zero attached hydrogens (tertiary/aromatic N) is 2. The van der Waals surface area contributed by atoms with Crippen molar-refractivity contribution in [2.24, 2.45) is 0 Å². The van der Waals surface area contributed by atoms with Crippen molar-refractivity contribution in [1.82, 2.24) is 4.98 Å². The average molecular weight is 332 g/mol. The number of hydrogen-bond acceptors (Lipinski definition) is 4. The van der Waals surface area contributed by atoms with Gasteiger partial charge in [0.05, 0.1) is 15.8 Å². The van der Waals surface area contributed by atoms with E-state index in [1.165, 1.54) is 10.8 Å². The molecule has 0 aliphatic rings. The Morgan fingerprint density at radius 2 is 1.75 bits per heavy atom. The van der Waals surface area contributed by atoms with Crippen LogP contribution in [0.4, 0.5) is 5.69 Å². The van der Waals surface area contributed by atoms with Crippen molar-refractivity contribution in [1.29, 1.82) is 0 Å². The second-order valence-electron chi connectivity index (χ2n) is 5.35. The summed E-state index contributed by atoms with van der Waals surface area (Å²) in [5, 5.41) is 14.1. The molecule has 0 aliphatic heterocycles. The zero-order chi connectivity index (χ0) is 16.5. The van der Waals surface area contributed by atoms with Gasteiger partial charge >= 0.3 is 0 Å². The van der Waals surface area contributed by atoms with E-state index in [1.54, 1.807) is 42.2 Å². The van der Waals surface area contributed by atoms with Gasteiger partial charge in [-0.1, -0.05) is 42.1 Å². The second-order valence-corrected chi connectivity index (χ2v) is 6.47. The quantitative estimate of drug-likeness (QED) is 0.370. The lowest BCUT2D eigenvalue weighted by molar-refractivity contribution is -0.383. The molecule has 4 nitrogen and oxygen atoms in total. The summed E-state index contributed by atoms with van der Waals surface area (Å²) >= 11 is 1.57. The van der Waals surface area contributed by atoms with E-state index in [-0.39, 0.29) is 10.6 Å². The SMILES string of the molecule is O=[N+]([O-])c1ccc(Sc2ccc3ccccc3c2)c2ncccc12. The summed E-state index contributed by atoms with van der Waals surface area (Å²) in [4.78, 5) is 17.2. The fourth-order valence-corrected chi connectivity index (χ4v) is 3.70. The molecular weight excluding hydrogens is 320 g/mol. The molecule has 3 aromatic carbocycles. The predicted molar refractivity (Wildman–Crippen MR) is 96.5 cm³/mol. The molecule has 0 unspecified atom stereocenters. The van der Waals surface area contributed by atoms with Crippen LogP contribution in [0.1, 0.15) is 0 Å². The fourth-order valence-electron chi connectivity index (χ4n) is 2.73. The van der Waals surface area contributed by atoms with Gasteiger partial charge in [0.15, 0.2) is 0 Å². The van der Waals surface area contributed by atoms with E-state index in [0.29, 0.717) is 10.9 Å². The normalized spacial score (nSPS) is 11.0. The Bertz CT molecular complexity index is 1080. The first kappa shape index (κ1) is 14.7. The van der Waals surface area contributed by atoms with Crippen LogP contribution in [0.15, 0.2) is 82.7 Å². The molecule has 0 saturated heterocycles. The topological polar surface area (TPSA) is 56.0 Å². The summed E-state index contributed by atoms with van der Waals surface area (Å²) in [5.41, 5.74) is 0.742. The van der Waals surface area contributed by atoms with Gasteiger partial charge in [-0.05, 0) is 41.1 Å². The van der Waals surface area contributed by atoms with Gasteiger partial charge in [0.2, 0.25) is 0 Å². The minimum atomic E-state index is -0.367. The van der Waals surface area contributed by atoms with Gasteiger partial charge in [-0.2, -0.15) is 0 Å². The Kier molecular flexibility index (Phi) is 3.63.